The molecular weight excluding hydrogens is 358 g/mol. The number of carbonyl (C=O) groups is 1. The van der Waals surface area contributed by atoms with Gasteiger partial charge in [0.15, 0.2) is 5.76 Å². The Morgan fingerprint density at radius 2 is 2.04 bits per heavy atom. The molecule has 0 aliphatic rings. The molecule has 0 bridgehead atoms. The van der Waals surface area contributed by atoms with E-state index in [1.165, 1.54) is 0 Å². The van der Waals surface area contributed by atoms with Crippen LogP contribution in [-0.2, 0) is 11.2 Å². The molecule has 0 radical (unpaired) electrons. The van der Waals surface area contributed by atoms with E-state index in [2.05, 4.69) is 20.6 Å². The minimum Gasteiger partial charge on any atom is -0.459 e. The summed E-state index contributed by atoms with van der Waals surface area (Å²) < 4.78 is 12.5. The zero-order valence-corrected chi connectivity index (χ0v) is 15.5. The van der Waals surface area contributed by atoms with Crippen LogP contribution in [-0.4, -0.2) is 25.9 Å². The Bertz CT molecular complexity index is 1070. The molecule has 1 N–H and O–H groups in total. The number of carbonyl (C=O) groups excluding carboxylic acids is 1. The van der Waals surface area contributed by atoms with Crippen LogP contribution in [0.3, 0.4) is 0 Å². The lowest BCUT2D eigenvalue weighted by atomic mass is 10.2. The molecule has 4 rings (SSSR count). The van der Waals surface area contributed by atoms with E-state index in [0.29, 0.717) is 28.8 Å². The van der Waals surface area contributed by atoms with Gasteiger partial charge in [0.05, 0.1) is 36.3 Å². The molecule has 4 aromatic rings. The first-order chi connectivity index (χ1) is 13.6. The van der Waals surface area contributed by atoms with Gasteiger partial charge in [-0.1, -0.05) is 23.4 Å². The number of nitrogens with one attached hydrogen (secondary N) is 1. The second kappa shape index (κ2) is 7.51. The van der Waals surface area contributed by atoms with Crippen LogP contribution in [0.15, 0.2) is 63.8 Å². The first-order valence-electron chi connectivity index (χ1n) is 8.87. The van der Waals surface area contributed by atoms with Gasteiger partial charge in [0.1, 0.15) is 11.5 Å². The highest BCUT2D eigenvalue weighted by Crippen LogP contribution is 2.22. The molecular formula is C20H19N5O3. The number of hydrogen-bond acceptors (Lipinski definition) is 6. The Morgan fingerprint density at radius 1 is 1.21 bits per heavy atom. The fourth-order valence-corrected chi connectivity index (χ4v) is 2.80. The Kier molecular flexibility index (Phi) is 4.76. The first kappa shape index (κ1) is 17.7. The third-order valence-electron chi connectivity index (χ3n) is 4.31. The number of aromatic nitrogens is 4. The summed E-state index contributed by atoms with van der Waals surface area (Å²) in [7, 11) is 0. The average molecular weight is 377 g/mol. The third-order valence-corrected chi connectivity index (χ3v) is 4.31. The van der Waals surface area contributed by atoms with Crippen molar-refractivity contribution in [3.05, 3.63) is 72.1 Å². The number of nitrogens with zero attached hydrogens (tertiary/aromatic N) is 4. The number of oxazole rings is 1. The Hall–Kier alpha value is -3.68. The molecule has 1 amide bonds. The molecule has 28 heavy (non-hydrogen) atoms. The molecule has 1 unspecified atom stereocenters. The van der Waals surface area contributed by atoms with Crippen molar-refractivity contribution < 1.29 is 13.6 Å². The zero-order chi connectivity index (χ0) is 19.5. The van der Waals surface area contributed by atoms with E-state index >= 15 is 0 Å². The van der Waals surface area contributed by atoms with E-state index < -0.39 is 0 Å². The second-order valence-corrected chi connectivity index (χ2v) is 6.39. The van der Waals surface area contributed by atoms with Crippen molar-refractivity contribution in [2.75, 3.05) is 0 Å². The van der Waals surface area contributed by atoms with E-state index in [0.717, 1.165) is 5.69 Å². The van der Waals surface area contributed by atoms with Gasteiger partial charge in [-0.05, 0) is 38.1 Å². The summed E-state index contributed by atoms with van der Waals surface area (Å²) in [6.07, 6.45) is 3.45. The normalized spacial score (nSPS) is 12.1. The van der Waals surface area contributed by atoms with Crippen molar-refractivity contribution in [1.29, 1.82) is 0 Å². The highest BCUT2D eigenvalue weighted by Gasteiger charge is 2.19. The lowest BCUT2D eigenvalue weighted by Crippen LogP contribution is -2.28. The number of rotatable bonds is 6. The maximum atomic E-state index is 12.4. The summed E-state index contributed by atoms with van der Waals surface area (Å²) in [6, 6.07) is 12.9. The molecule has 3 aromatic heterocycles. The van der Waals surface area contributed by atoms with Gasteiger partial charge >= 0.3 is 0 Å². The Balaban J connectivity index is 1.41. The number of furan rings is 1. The molecule has 8 nitrogen and oxygen atoms in total. The van der Waals surface area contributed by atoms with Gasteiger partial charge in [-0.15, -0.1) is 5.10 Å². The standard InChI is InChI=1S/C20H19N5O3/c1-13(17-12-25(24-23-17)15-7-4-3-5-8-15)21-19(26)11-16-14(2)28-20(22-16)18-9-6-10-27-18/h3-10,12-13H,11H2,1-2H3,(H,21,26). The highest BCUT2D eigenvalue weighted by molar-refractivity contribution is 5.78. The average Bonchev–Trinajstić information content (AvgIpc) is 3.44. The molecule has 1 atom stereocenters. The number of amides is 1. The predicted molar refractivity (Wildman–Crippen MR) is 101 cm³/mol. The number of benzene rings is 1. The Labute approximate surface area is 161 Å². The van der Waals surface area contributed by atoms with E-state index in [1.54, 1.807) is 36.2 Å². The summed E-state index contributed by atoms with van der Waals surface area (Å²) in [6.45, 7) is 3.64. The number of aryl methyl sites for hydroxylation is 1. The summed E-state index contributed by atoms with van der Waals surface area (Å²) in [5, 5.41) is 11.2. The monoisotopic (exact) mass is 377 g/mol. The van der Waals surface area contributed by atoms with Crippen LogP contribution in [0.4, 0.5) is 0 Å². The van der Waals surface area contributed by atoms with E-state index in [1.807, 2.05) is 37.3 Å². The fraction of sp³-hybridized carbons (Fsp3) is 0.200. The quantitative estimate of drug-likeness (QED) is 0.554. The first-order valence-corrected chi connectivity index (χ1v) is 8.87. The summed E-state index contributed by atoms with van der Waals surface area (Å²) in [4.78, 5) is 16.8. The van der Waals surface area contributed by atoms with Gasteiger partial charge in [0.25, 0.3) is 5.89 Å². The fourth-order valence-electron chi connectivity index (χ4n) is 2.80. The molecule has 0 aliphatic heterocycles. The second-order valence-electron chi connectivity index (χ2n) is 6.39. The lowest BCUT2D eigenvalue weighted by Gasteiger charge is -2.10. The zero-order valence-electron chi connectivity index (χ0n) is 15.5. The van der Waals surface area contributed by atoms with Gasteiger partial charge in [-0.25, -0.2) is 9.67 Å². The highest BCUT2D eigenvalue weighted by atomic mass is 16.4. The van der Waals surface area contributed by atoms with E-state index in [4.69, 9.17) is 8.83 Å². The van der Waals surface area contributed by atoms with Gasteiger partial charge in [-0.2, -0.15) is 0 Å². The Morgan fingerprint density at radius 3 is 2.79 bits per heavy atom. The van der Waals surface area contributed by atoms with Gasteiger partial charge in [0.2, 0.25) is 5.91 Å². The third kappa shape index (κ3) is 3.71. The van der Waals surface area contributed by atoms with Crippen LogP contribution in [0.5, 0.6) is 0 Å². The summed E-state index contributed by atoms with van der Waals surface area (Å²) in [5.74, 6) is 1.30. The van der Waals surface area contributed by atoms with Crippen LogP contribution in [0.2, 0.25) is 0 Å². The van der Waals surface area contributed by atoms with Crippen LogP contribution in [0, 0.1) is 6.92 Å². The van der Waals surface area contributed by atoms with E-state index in [-0.39, 0.29) is 18.4 Å². The van der Waals surface area contributed by atoms with E-state index in [9.17, 15) is 4.79 Å². The topological polar surface area (TPSA) is 99.0 Å². The molecule has 0 fully saturated rings. The molecule has 0 saturated heterocycles. The number of hydrogen-bond donors (Lipinski definition) is 1. The van der Waals surface area contributed by atoms with Crippen molar-refractivity contribution >= 4 is 5.91 Å². The molecule has 3 heterocycles. The molecule has 8 heteroatoms. The maximum absolute atomic E-state index is 12.4. The van der Waals surface area contributed by atoms with Crippen LogP contribution in [0.25, 0.3) is 17.3 Å². The van der Waals surface area contributed by atoms with Crippen molar-refractivity contribution in [2.45, 2.75) is 26.3 Å². The van der Waals surface area contributed by atoms with Crippen molar-refractivity contribution in [2.24, 2.45) is 0 Å². The molecule has 142 valence electrons. The van der Waals surface area contributed by atoms with Gasteiger partial charge in [0, 0.05) is 0 Å². The van der Waals surface area contributed by atoms with Crippen molar-refractivity contribution in [3.8, 4) is 17.3 Å². The summed E-state index contributed by atoms with van der Waals surface area (Å²) in [5.41, 5.74) is 2.15. The maximum Gasteiger partial charge on any atom is 0.263 e. The minimum atomic E-state index is -0.290. The van der Waals surface area contributed by atoms with Gasteiger partial charge < -0.3 is 14.2 Å². The molecule has 0 saturated carbocycles. The molecule has 1 aromatic carbocycles. The predicted octanol–water partition coefficient (Wildman–Crippen LogP) is 3.24. The summed E-state index contributed by atoms with van der Waals surface area (Å²) >= 11 is 0. The van der Waals surface area contributed by atoms with Crippen molar-refractivity contribution in [3.63, 3.8) is 0 Å². The van der Waals surface area contributed by atoms with Crippen LogP contribution < -0.4 is 5.32 Å². The van der Waals surface area contributed by atoms with Crippen LogP contribution >= 0.6 is 0 Å². The minimum absolute atomic E-state index is 0.104. The van der Waals surface area contributed by atoms with Crippen LogP contribution in [0.1, 0.15) is 30.1 Å². The lowest BCUT2D eigenvalue weighted by molar-refractivity contribution is -0.121. The van der Waals surface area contributed by atoms with Crippen molar-refractivity contribution in [1.82, 2.24) is 25.3 Å². The SMILES string of the molecule is Cc1oc(-c2ccco2)nc1CC(=O)NC(C)c1cn(-c2ccccc2)nn1. The smallest absolute Gasteiger partial charge is 0.263 e. The molecule has 0 spiro atoms. The van der Waals surface area contributed by atoms with Gasteiger partial charge in [-0.3, -0.25) is 4.79 Å². The largest absolute Gasteiger partial charge is 0.459 e. The molecule has 0 aliphatic carbocycles. The number of para-hydroxylation sites is 1.